The highest BCUT2D eigenvalue weighted by molar-refractivity contribution is 6.17. The summed E-state index contributed by atoms with van der Waals surface area (Å²) in [7, 11) is 0. The van der Waals surface area contributed by atoms with Gasteiger partial charge in [-0.25, -0.2) is 0 Å². The van der Waals surface area contributed by atoms with E-state index in [0.29, 0.717) is 0 Å². The molecule has 2 nitrogen and oxygen atoms in total. The molecule has 0 saturated carbocycles. The van der Waals surface area contributed by atoms with Crippen LogP contribution in [0.25, 0.3) is 99.5 Å². The van der Waals surface area contributed by atoms with Gasteiger partial charge >= 0.3 is 0 Å². The zero-order valence-corrected chi connectivity index (χ0v) is 30.7. The molecule has 2 heterocycles. The average molecular weight is 713 g/mol. The fourth-order valence-corrected chi connectivity index (χ4v) is 8.77. The zero-order chi connectivity index (χ0) is 37.0. The molecule has 2 heteroatoms. The summed E-state index contributed by atoms with van der Waals surface area (Å²) in [6.45, 7) is 0. The van der Waals surface area contributed by atoms with Crippen molar-refractivity contribution in [1.29, 1.82) is 0 Å². The van der Waals surface area contributed by atoms with Gasteiger partial charge in [-0.3, -0.25) is 0 Å². The smallest absolute Gasteiger partial charge is 0.0547 e. The van der Waals surface area contributed by atoms with Crippen LogP contribution in [0, 0.1) is 0 Å². The third-order valence-corrected chi connectivity index (χ3v) is 11.3. The maximum Gasteiger partial charge on any atom is 0.0547 e. The van der Waals surface area contributed by atoms with Gasteiger partial charge in [-0.1, -0.05) is 158 Å². The molecule has 11 aromatic rings. The maximum absolute atomic E-state index is 2.48. The van der Waals surface area contributed by atoms with Crippen molar-refractivity contribution in [2.24, 2.45) is 0 Å². The molecule has 262 valence electrons. The SMILES string of the molecule is c1ccc(-c2ccc(-n3c4ccc(-c5ccc6c(c5)c5ccccc5n6-c5ccccc5)cc4c4c(-c5ccccc5)cccc43)c(-c3ccccc3)c2)cc1. The number of aromatic nitrogens is 2. The lowest BCUT2D eigenvalue weighted by Gasteiger charge is -2.16. The van der Waals surface area contributed by atoms with Gasteiger partial charge in [0.1, 0.15) is 0 Å². The molecule has 56 heavy (non-hydrogen) atoms. The van der Waals surface area contributed by atoms with Crippen molar-refractivity contribution < 1.29 is 0 Å². The topological polar surface area (TPSA) is 9.86 Å². The van der Waals surface area contributed by atoms with Gasteiger partial charge in [-0.15, -0.1) is 0 Å². The normalized spacial score (nSPS) is 11.6. The number of fused-ring (bicyclic) bond motifs is 6. The first-order chi connectivity index (χ1) is 27.8. The van der Waals surface area contributed by atoms with Crippen LogP contribution in [-0.2, 0) is 0 Å². The fourth-order valence-electron chi connectivity index (χ4n) is 8.77. The van der Waals surface area contributed by atoms with E-state index in [9.17, 15) is 0 Å². The standard InChI is InChI=1S/C54H36N2/c1-5-16-37(17-6-1)40-28-31-50(46(34-40)39-20-9-3-10-21-39)56-52-33-30-42(36-48(52)54-44(25-15-27-53(54)56)38-18-7-2-8-19-38)41-29-32-51-47(35-41)45-24-13-14-26-49(45)55(51)43-22-11-4-12-23-43/h1-36H. The van der Waals surface area contributed by atoms with E-state index in [1.807, 2.05) is 0 Å². The molecule has 11 rings (SSSR count). The molecule has 0 spiro atoms. The van der Waals surface area contributed by atoms with Crippen molar-refractivity contribution in [3.63, 3.8) is 0 Å². The largest absolute Gasteiger partial charge is 0.309 e. The van der Waals surface area contributed by atoms with Crippen molar-refractivity contribution >= 4 is 43.6 Å². The molecule has 0 saturated heterocycles. The van der Waals surface area contributed by atoms with Gasteiger partial charge in [0, 0.05) is 32.8 Å². The quantitative estimate of drug-likeness (QED) is 0.162. The third-order valence-electron chi connectivity index (χ3n) is 11.3. The Balaban J connectivity index is 1.17. The van der Waals surface area contributed by atoms with Crippen LogP contribution in [-0.4, -0.2) is 9.13 Å². The summed E-state index contributed by atoms with van der Waals surface area (Å²) < 4.78 is 4.86. The molecule has 0 N–H and O–H groups in total. The highest BCUT2D eigenvalue weighted by Gasteiger charge is 2.20. The average Bonchev–Trinajstić information content (AvgIpc) is 3.79. The van der Waals surface area contributed by atoms with E-state index in [4.69, 9.17) is 0 Å². The van der Waals surface area contributed by atoms with Crippen molar-refractivity contribution in [2.75, 3.05) is 0 Å². The number of hydrogen-bond acceptors (Lipinski definition) is 0. The second-order valence-electron chi connectivity index (χ2n) is 14.5. The Bertz CT molecular complexity index is 3210. The van der Waals surface area contributed by atoms with Crippen molar-refractivity contribution in [3.05, 3.63) is 218 Å². The van der Waals surface area contributed by atoms with E-state index in [0.717, 1.165) is 5.69 Å². The Hall–Kier alpha value is -7.42. The van der Waals surface area contributed by atoms with E-state index in [1.165, 1.54) is 93.8 Å². The van der Waals surface area contributed by atoms with Gasteiger partial charge in [-0.2, -0.15) is 0 Å². The van der Waals surface area contributed by atoms with Gasteiger partial charge in [-0.05, 0) is 99.6 Å². The second-order valence-corrected chi connectivity index (χ2v) is 14.5. The molecule has 0 fully saturated rings. The molecular formula is C54H36N2. The molecule has 0 bridgehead atoms. The van der Waals surface area contributed by atoms with Crippen LogP contribution in [0.2, 0.25) is 0 Å². The Morgan fingerprint density at radius 3 is 1.45 bits per heavy atom. The first kappa shape index (κ1) is 32.0. The second kappa shape index (κ2) is 13.2. The van der Waals surface area contributed by atoms with Crippen LogP contribution in [0.5, 0.6) is 0 Å². The Morgan fingerprint density at radius 1 is 0.250 bits per heavy atom. The lowest BCUT2D eigenvalue weighted by atomic mass is 9.97. The van der Waals surface area contributed by atoms with E-state index in [1.54, 1.807) is 0 Å². The maximum atomic E-state index is 2.48. The summed E-state index contributed by atoms with van der Waals surface area (Å²) >= 11 is 0. The number of benzene rings is 9. The molecule has 0 aliphatic rings. The van der Waals surface area contributed by atoms with Gasteiger partial charge in [0.15, 0.2) is 0 Å². The summed E-state index contributed by atoms with van der Waals surface area (Å²) in [5, 5.41) is 4.99. The van der Waals surface area contributed by atoms with Crippen molar-refractivity contribution in [1.82, 2.24) is 9.13 Å². The van der Waals surface area contributed by atoms with E-state index in [2.05, 4.69) is 228 Å². The zero-order valence-electron chi connectivity index (χ0n) is 30.7. The van der Waals surface area contributed by atoms with E-state index < -0.39 is 0 Å². The summed E-state index contributed by atoms with van der Waals surface area (Å²) in [6.07, 6.45) is 0. The number of rotatable bonds is 6. The molecule has 0 unspecified atom stereocenters. The monoisotopic (exact) mass is 712 g/mol. The van der Waals surface area contributed by atoms with Crippen molar-refractivity contribution in [3.8, 4) is 55.9 Å². The van der Waals surface area contributed by atoms with Crippen LogP contribution in [0.1, 0.15) is 0 Å². The molecule has 0 radical (unpaired) electrons. The van der Waals surface area contributed by atoms with Crippen molar-refractivity contribution in [2.45, 2.75) is 0 Å². The molecular weight excluding hydrogens is 677 g/mol. The van der Waals surface area contributed by atoms with Gasteiger partial charge in [0.05, 0.1) is 27.8 Å². The van der Waals surface area contributed by atoms with Crippen LogP contribution in [0.15, 0.2) is 218 Å². The fraction of sp³-hybridized carbons (Fsp3) is 0. The molecule has 2 aromatic heterocycles. The van der Waals surface area contributed by atoms with E-state index in [-0.39, 0.29) is 0 Å². The van der Waals surface area contributed by atoms with Gasteiger partial charge in [0.2, 0.25) is 0 Å². The molecule has 9 aromatic carbocycles. The molecule has 0 aliphatic heterocycles. The predicted molar refractivity (Wildman–Crippen MR) is 237 cm³/mol. The minimum atomic E-state index is 1.16. The lowest BCUT2D eigenvalue weighted by molar-refractivity contribution is 1.18. The summed E-state index contributed by atoms with van der Waals surface area (Å²) in [4.78, 5) is 0. The number of hydrogen-bond donors (Lipinski definition) is 0. The minimum absolute atomic E-state index is 1.16. The Labute approximate surface area is 325 Å². The Morgan fingerprint density at radius 2 is 0.750 bits per heavy atom. The lowest BCUT2D eigenvalue weighted by Crippen LogP contribution is -1.98. The van der Waals surface area contributed by atoms with Gasteiger partial charge < -0.3 is 9.13 Å². The third kappa shape index (κ3) is 5.19. The summed E-state index contributed by atoms with van der Waals surface area (Å²) in [5.74, 6) is 0. The summed E-state index contributed by atoms with van der Waals surface area (Å²) in [5.41, 5.74) is 16.7. The highest BCUT2D eigenvalue weighted by atomic mass is 15.0. The summed E-state index contributed by atoms with van der Waals surface area (Å²) in [6, 6.07) is 79.4. The number of nitrogens with zero attached hydrogens (tertiary/aromatic N) is 2. The van der Waals surface area contributed by atoms with Crippen LogP contribution in [0.4, 0.5) is 0 Å². The first-order valence-electron chi connectivity index (χ1n) is 19.3. The molecule has 0 amide bonds. The van der Waals surface area contributed by atoms with Gasteiger partial charge in [0.25, 0.3) is 0 Å². The van der Waals surface area contributed by atoms with Crippen LogP contribution < -0.4 is 0 Å². The highest BCUT2D eigenvalue weighted by Crippen LogP contribution is 2.43. The Kier molecular flexibility index (Phi) is 7.53. The predicted octanol–water partition coefficient (Wildman–Crippen LogP) is 14.5. The number of para-hydroxylation sites is 2. The van der Waals surface area contributed by atoms with E-state index >= 15 is 0 Å². The molecule has 0 atom stereocenters. The molecule has 0 aliphatic carbocycles. The first-order valence-corrected chi connectivity index (χ1v) is 19.3. The minimum Gasteiger partial charge on any atom is -0.309 e. The van der Waals surface area contributed by atoms with Crippen LogP contribution in [0.3, 0.4) is 0 Å². The van der Waals surface area contributed by atoms with Crippen LogP contribution >= 0.6 is 0 Å².